The van der Waals surface area contributed by atoms with Gasteiger partial charge in [-0.1, -0.05) is 0 Å². The van der Waals surface area contributed by atoms with Crippen molar-refractivity contribution in [3.05, 3.63) is 132 Å². The van der Waals surface area contributed by atoms with Crippen molar-refractivity contribution < 1.29 is 103 Å². The molecule has 4 fully saturated rings. The molecule has 0 bridgehead atoms. The Morgan fingerprint density at radius 2 is 0.908 bits per heavy atom. The second-order valence-electron chi connectivity index (χ2n) is 19.8. The van der Waals surface area contributed by atoms with Gasteiger partial charge in [0.05, 0.1) is 42.9 Å². The molecule has 4 aliphatic rings. The molecule has 466 valence electrons. The number of ether oxygens (including phenoxy) is 8. The van der Waals surface area contributed by atoms with Gasteiger partial charge in [-0.3, -0.25) is 24.2 Å². The zero-order chi connectivity index (χ0) is 62.2. The minimum atomic E-state index is -2.99. The van der Waals surface area contributed by atoms with E-state index in [0.717, 1.165) is 125 Å². The summed E-state index contributed by atoms with van der Waals surface area (Å²) in [7, 11) is 0. The van der Waals surface area contributed by atoms with Crippen molar-refractivity contribution in [2.24, 2.45) is 0 Å². The molecule has 0 spiro atoms. The predicted octanol–water partition coefficient (Wildman–Crippen LogP) is 14.0. The van der Waals surface area contributed by atoms with Crippen LogP contribution < -0.4 is 33.2 Å². The van der Waals surface area contributed by atoms with Crippen molar-refractivity contribution in [2.75, 3.05) is 6.61 Å². The van der Waals surface area contributed by atoms with Gasteiger partial charge in [0.15, 0.2) is 57.5 Å². The number of phenols is 3. The summed E-state index contributed by atoms with van der Waals surface area (Å²) < 4.78 is 140. The van der Waals surface area contributed by atoms with Gasteiger partial charge in [0.1, 0.15) is 25.0 Å². The summed E-state index contributed by atoms with van der Waals surface area (Å²) in [5.41, 5.74) is 4.11. The Labute approximate surface area is 493 Å². The highest BCUT2D eigenvalue weighted by molar-refractivity contribution is 5.77. The van der Waals surface area contributed by atoms with E-state index in [0.29, 0.717) is 41.5 Å². The van der Waals surface area contributed by atoms with E-state index in [1.54, 1.807) is 30.5 Å². The van der Waals surface area contributed by atoms with Crippen LogP contribution in [0.5, 0.6) is 57.5 Å². The summed E-state index contributed by atoms with van der Waals surface area (Å²) in [6, 6.07) is 25.1. The fraction of sp³-hybridized carbons (Fsp3) is 0.361. The van der Waals surface area contributed by atoms with E-state index in [-0.39, 0.29) is 70.2 Å². The number of H-pyrrole nitrogens is 1. The lowest BCUT2D eigenvalue weighted by Gasteiger charge is -2.17. The van der Waals surface area contributed by atoms with E-state index >= 15 is 0 Å². The topological polar surface area (TPSA) is 236 Å². The molecule has 87 heavy (non-hydrogen) atoms. The standard InChI is InChI=1S/C18H20F2N2O3.C15H16F2N2O2.C13H14F2O3.C8H6F2O3.C7H6O3/c19-18(20)25-16-6-5-12(9-17(16)24-13-3-1-2-4-13)15-7-8-22(21-15)10-14-11-23-14;16-15(17)21-13-6-5-10(12-7-8-18-19-12)9-14(13)20-11-3-1-2-4-11;14-13(15)18-11-6-5-9(8-16)7-12(11)17-10-3-1-2-4-10;9-8(10)13-7-2-1-5(4-11)3-6(7)12;8-4-5-1-2-6(9)7(10)3-5/h5-9,13-14,18H,1-4,10-11H2;5-9,11,15H,1-4H2,(H,18,19);5-8,10,13H,1-4H2;1-4,8,12H;1-4,9-10H. The molecule has 3 saturated carbocycles. The van der Waals surface area contributed by atoms with Gasteiger partial charge < -0.3 is 53.2 Å². The Hall–Kier alpha value is -9.07. The average Bonchev–Trinajstić information content (AvgIpc) is 3.57. The number of epoxide rings is 1. The van der Waals surface area contributed by atoms with E-state index in [2.05, 4.69) is 34.2 Å². The summed E-state index contributed by atoms with van der Waals surface area (Å²) in [4.78, 5) is 31.0. The largest absolute Gasteiger partial charge is 0.504 e. The maximum Gasteiger partial charge on any atom is 0.387 e. The molecule has 3 heterocycles. The van der Waals surface area contributed by atoms with Crippen molar-refractivity contribution in [3.8, 4) is 80.0 Å². The Balaban J connectivity index is 0.000000161. The first-order valence-corrected chi connectivity index (χ1v) is 27.5. The highest BCUT2D eigenvalue weighted by atomic mass is 19.3. The number of aromatic amines is 1. The zero-order valence-electron chi connectivity index (χ0n) is 46.4. The third kappa shape index (κ3) is 21.4. The number of aldehydes is 3. The van der Waals surface area contributed by atoms with Crippen LogP contribution in [0.1, 0.15) is 108 Å². The monoisotopic (exact) mass is 1230 g/mol. The van der Waals surface area contributed by atoms with Gasteiger partial charge in [-0.25, -0.2) is 0 Å². The first-order valence-electron chi connectivity index (χ1n) is 27.5. The number of rotatable bonds is 21. The van der Waals surface area contributed by atoms with Crippen LogP contribution in [0.15, 0.2) is 116 Å². The number of hydrogen-bond donors (Lipinski definition) is 4. The average molecular weight is 1230 g/mol. The van der Waals surface area contributed by atoms with Crippen LogP contribution in [-0.4, -0.2) is 112 Å². The first kappa shape index (κ1) is 65.5. The van der Waals surface area contributed by atoms with Crippen LogP contribution in [0.4, 0.5) is 35.1 Å². The summed E-state index contributed by atoms with van der Waals surface area (Å²) in [6.45, 7) is -10.2. The van der Waals surface area contributed by atoms with Crippen molar-refractivity contribution >= 4 is 18.9 Å². The van der Waals surface area contributed by atoms with E-state index in [1.165, 1.54) is 54.6 Å². The molecule has 18 nitrogen and oxygen atoms in total. The molecule has 1 saturated heterocycles. The van der Waals surface area contributed by atoms with E-state index < -0.39 is 32.2 Å². The normalized spacial score (nSPS) is 15.4. The molecule has 0 amide bonds. The Morgan fingerprint density at radius 3 is 1.34 bits per heavy atom. The molecule has 26 heteroatoms. The molecule has 1 aliphatic heterocycles. The number of alkyl halides is 8. The van der Waals surface area contributed by atoms with Gasteiger partial charge >= 0.3 is 26.4 Å². The summed E-state index contributed by atoms with van der Waals surface area (Å²) in [5, 5.41) is 37.9. The SMILES string of the molecule is FC(F)Oc1ccc(-c2ccn(CC3CO3)n2)cc1OC1CCCC1.FC(F)Oc1ccc(-c2ccn[nH]2)cc1OC1CCCC1.O=Cc1ccc(O)c(O)c1.O=Cc1ccc(OC(F)F)c(O)c1.O=Cc1ccc(OC(F)F)c(OC2CCCC2)c1. The van der Waals surface area contributed by atoms with Crippen LogP contribution in [0, 0.1) is 0 Å². The lowest BCUT2D eigenvalue weighted by atomic mass is 10.1. The molecule has 4 N–H and O–H groups in total. The zero-order valence-corrected chi connectivity index (χ0v) is 46.4. The second-order valence-corrected chi connectivity index (χ2v) is 19.8. The van der Waals surface area contributed by atoms with Gasteiger partial charge in [-0.05, 0) is 180 Å². The Bertz CT molecular complexity index is 3260. The summed E-state index contributed by atoms with van der Waals surface area (Å²) in [6.07, 6.45) is 17.8. The molecular formula is C61H62F8N4O14. The van der Waals surface area contributed by atoms with Gasteiger partial charge in [0.2, 0.25) is 0 Å². The number of halogens is 8. The number of carbonyl (C=O) groups excluding carboxylic acids is 3. The molecule has 11 rings (SSSR count). The van der Waals surface area contributed by atoms with Gasteiger partial charge in [-0.2, -0.15) is 45.3 Å². The molecule has 5 aromatic carbocycles. The quantitative estimate of drug-likeness (QED) is 0.0227. The van der Waals surface area contributed by atoms with Gasteiger partial charge in [-0.15, -0.1) is 0 Å². The number of phenolic OH excluding ortho intramolecular Hbond substituents is 3. The fourth-order valence-electron chi connectivity index (χ4n) is 9.19. The van der Waals surface area contributed by atoms with E-state index in [4.69, 9.17) is 34.3 Å². The molecular weight excluding hydrogens is 1160 g/mol. The summed E-state index contributed by atoms with van der Waals surface area (Å²) in [5.74, 6) is -0.286. The van der Waals surface area contributed by atoms with E-state index in [1.807, 2.05) is 23.0 Å². The van der Waals surface area contributed by atoms with Crippen molar-refractivity contribution in [1.29, 1.82) is 0 Å². The summed E-state index contributed by atoms with van der Waals surface area (Å²) >= 11 is 0. The van der Waals surface area contributed by atoms with Crippen molar-refractivity contribution in [1.82, 2.24) is 20.0 Å². The molecule has 1 atom stereocenters. The van der Waals surface area contributed by atoms with Crippen LogP contribution in [0.3, 0.4) is 0 Å². The predicted molar refractivity (Wildman–Crippen MR) is 297 cm³/mol. The number of aromatic hydroxyl groups is 3. The minimum absolute atomic E-state index is 0.0203. The fourth-order valence-corrected chi connectivity index (χ4v) is 9.19. The molecule has 3 aliphatic carbocycles. The number of benzene rings is 5. The van der Waals surface area contributed by atoms with Crippen LogP contribution >= 0.6 is 0 Å². The van der Waals surface area contributed by atoms with Gasteiger partial charge in [0, 0.05) is 40.2 Å². The third-order valence-electron chi connectivity index (χ3n) is 13.4. The molecule has 0 radical (unpaired) electrons. The van der Waals surface area contributed by atoms with Crippen LogP contribution in [-0.2, 0) is 11.3 Å². The van der Waals surface area contributed by atoms with E-state index in [9.17, 15) is 49.5 Å². The molecule has 7 aromatic rings. The number of carbonyl (C=O) groups is 3. The molecule has 1 unspecified atom stereocenters. The second kappa shape index (κ2) is 33.0. The van der Waals surface area contributed by atoms with Crippen molar-refractivity contribution in [2.45, 2.75) is 134 Å². The smallest absolute Gasteiger partial charge is 0.387 e. The highest BCUT2D eigenvalue weighted by Crippen LogP contribution is 2.39. The minimum Gasteiger partial charge on any atom is -0.504 e. The number of aromatic nitrogens is 4. The van der Waals surface area contributed by atoms with Crippen LogP contribution in [0.25, 0.3) is 22.5 Å². The van der Waals surface area contributed by atoms with Crippen molar-refractivity contribution in [3.63, 3.8) is 0 Å². The third-order valence-corrected chi connectivity index (χ3v) is 13.4. The Morgan fingerprint density at radius 1 is 0.494 bits per heavy atom. The maximum absolute atomic E-state index is 12.7. The highest BCUT2D eigenvalue weighted by Gasteiger charge is 2.26. The van der Waals surface area contributed by atoms with Gasteiger partial charge in [0.25, 0.3) is 0 Å². The number of nitrogens with zero attached hydrogens (tertiary/aromatic N) is 3. The van der Waals surface area contributed by atoms with Crippen LogP contribution in [0.2, 0.25) is 0 Å². The lowest BCUT2D eigenvalue weighted by Crippen LogP contribution is -2.13. The Kier molecular flexibility index (Phi) is 24.8. The number of hydrogen-bond acceptors (Lipinski definition) is 16. The maximum atomic E-state index is 12.7. The lowest BCUT2D eigenvalue weighted by molar-refractivity contribution is -0.0526. The first-order chi connectivity index (χ1) is 41.9. The molecule has 2 aromatic heterocycles. The number of nitrogens with one attached hydrogen (secondary N) is 1.